The van der Waals surface area contributed by atoms with Gasteiger partial charge in [0.05, 0.1) is 39.8 Å². The van der Waals surface area contributed by atoms with Crippen LogP contribution in [0.15, 0.2) is 42.6 Å². The molecule has 2 aromatic carbocycles. The van der Waals surface area contributed by atoms with Gasteiger partial charge in [-0.25, -0.2) is 9.50 Å². The first kappa shape index (κ1) is 19.1. The zero-order valence-corrected chi connectivity index (χ0v) is 17.4. The van der Waals surface area contributed by atoms with Gasteiger partial charge in [-0.15, -0.1) is 0 Å². The van der Waals surface area contributed by atoms with Crippen LogP contribution in [0, 0.1) is 0 Å². The first-order chi connectivity index (χ1) is 14.2. The lowest BCUT2D eigenvalue weighted by Gasteiger charge is -2.14. The summed E-state index contributed by atoms with van der Waals surface area (Å²) in [5.41, 5.74) is 2.75. The number of rotatable bonds is 7. The average Bonchev–Trinajstić information content (AvgIpc) is 3.33. The van der Waals surface area contributed by atoms with E-state index in [4.69, 9.17) is 23.9 Å². The van der Waals surface area contributed by atoms with Crippen LogP contribution in [0.3, 0.4) is 0 Å². The second-order valence-electron chi connectivity index (χ2n) is 6.13. The third-order valence-electron chi connectivity index (χ3n) is 4.43. The first-order valence-corrected chi connectivity index (χ1v) is 9.88. The van der Waals surface area contributed by atoms with Crippen molar-refractivity contribution in [3.05, 3.63) is 42.6 Å². The summed E-state index contributed by atoms with van der Waals surface area (Å²) in [5, 5.41) is 5.50. The Morgan fingerprint density at radius 3 is 2.17 bits per heavy atom. The number of nitrogens with zero attached hydrogens (tertiary/aromatic N) is 3. The van der Waals surface area contributed by atoms with Gasteiger partial charge in [0.15, 0.2) is 11.5 Å². The molecule has 0 unspecified atom stereocenters. The zero-order valence-electron chi connectivity index (χ0n) is 16.6. The van der Waals surface area contributed by atoms with E-state index in [9.17, 15) is 0 Å². The molecule has 0 aliphatic rings. The highest BCUT2D eigenvalue weighted by molar-refractivity contribution is 7.19. The third kappa shape index (κ3) is 3.58. The van der Waals surface area contributed by atoms with Gasteiger partial charge in [-0.1, -0.05) is 11.3 Å². The normalized spacial score (nSPS) is 10.9. The van der Waals surface area contributed by atoms with Crippen molar-refractivity contribution in [2.24, 2.45) is 0 Å². The molecule has 0 fully saturated rings. The molecule has 4 aromatic rings. The summed E-state index contributed by atoms with van der Waals surface area (Å²) in [7, 11) is 4.87. The quantitative estimate of drug-likeness (QED) is 0.444. The fourth-order valence-electron chi connectivity index (χ4n) is 3.01. The van der Waals surface area contributed by atoms with Crippen LogP contribution < -0.4 is 18.9 Å². The Bertz CT molecular complexity index is 1080. The van der Waals surface area contributed by atoms with E-state index in [1.807, 2.05) is 49.5 Å². The number of fused-ring (bicyclic) bond motifs is 1. The van der Waals surface area contributed by atoms with Crippen LogP contribution in [-0.2, 0) is 0 Å². The Labute approximate surface area is 172 Å². The third-order valence-corrected chi connectivity index (χ3v) is 5.40. The Balaban J connectivity index is 1.70. The lowest BCUT2D eigenvalue weighted by atomic mass is 10.2. The summed E-state index contributed by atoms with van der Waals surface area (Å²) in [6.45, 7) is 2.44. The molecule has 0 radical (unpaired) electrons. The maximum atomic E-state index is 5.67. The number of hydrogen-bond donors (Lipinski definition) is 0. The molecule has 0 bridgehead atoms. The van der Waals surface area contributed by atoms with Crippen molar-refractivity contribution in [3.8, 4) is 44.8 Å². The van der Waals surface area contributed by atoms with Crippen molar-refractivity contribution < 1.29 is 18.9 Å². The van der Waals surface area contributed by atoms with Crippen LogP contribution in [0.4, 0.5) is 0 Å². The van der Waals surface area contributed by atoms with Crippen molar-refractivity contribution in [2.45, 2.75) is 6.92 Å². The van der Waals surface area contributed by atoms with E-state index in [0.29, 0.717) is 23.9 Å². The van der Waals surface area contributed by atoms with Gasteiger partial charge in [0.2, 0.25) is 10.7 Å². The minimum absolute atomic E-state index is 0.519. The van der Waals surface area contributed by atoms with Crippen LogP contribution in [-0.4, -0.2) is 42.5 Å². The summed E-state index contributed by atoms with van der Waals surface area (Å²) in [6, 6.07) is 11.6. The molecule has 29 heavy (non-hydrogen) atoms. The van der Waals surface area contributed by atoms with Crippen LogP contribution in [0.2, 0.25) is 0 Å². The molecule has 150 valence electrons. The molecule has 2 heterocycles. The lowest BCUT2D eigenvalue weighted by Crippen LogP contribution is -1.99. The highest BCUT2D eigenvalue weighted by Crippen LogP contribution is 2.42. The average molecular weight is 411 g/mol. The first-order valence-electron chi connectivity index (χ1n) is 9.06. The van der Waals surface area contributed by atoms with Crippen LogP contribution in [0.5, 0.6) is 23.0 Å². The monoisotopic (exact) mass is 411 g/mol. The molecule has 0 N–H and O–H groups in total. The molecule has 2 aromatic heterocycles. The van der Waals surface area contributed by atoms with E-state index >= 15 is 0 Å². The maximum Gasteiger partial charge on any atom is 0.213 e. The van der Waals surface area contributed by atoms with Crippen LogP contribution in [0.25, 0.3) is 26.8 Å². The standard InChI is InChI=1S/C21H21N3O4S/c1-5-28-19-17(26-3)10-14(11-18(19)27-4)20-23-24-12-16(22-21(24)29-20)13-6-8-15(25-2)9-7-13/h6-12H,5H2,1-4H3. The molecule has 7 nitrogen and oxygen atoms in total. The molecule has 4 rings (SSSR count). The van der Waals surface area contributed by atoms with E-state index in [0.717, 1.165) is 32.5 Å². The number of hydrogen-bond acceptors (Lipinski definition) is 7. The Hall–Kier alpha value is -3.26. The summed E-state index contributed by atoms with van der Waals surface area (Å²) < 4.78 is 23.7. The van der Waals surface area contributed by atoms with E-state index in [1.165, 1.54) is 11.3 Å². The van der Waals surface area contributed by atoms with Gasteiger partial charge in [-0.2, -0.15) is 5.10 Å². The van der Waals surface area contributed by atoms with Crippen molar-refractivity contribution >= 4 is 16.3 Å². The van der Waals surface area contributed by atoms with Crippen molar-refractivity contribution in [3.63, 3.8) is 0 Å². The fourth-order valence-corrected chi connectivity index (χ4v) is 3.88. The van der Waals surface area contributed by atoms with Crippen LogP contribution >= 0.6 is 11.3 Å². The predicted octanol–water partition coefficient (Wildman–Crippen LogP) is 4.55. The second-order valence-corrected chi connectivity index (χ2v) is 7.09. The molecule has 0 atom stereocenters. The van der Waals surface area contributed by atoms with Gasteiger partial charge in [-0.3, -0.25) is 0 Å². The molecular formula is C21H21N3O4S. The van der Waals surface area contributed by atoms with Crippen LogP contribution in [0.1, 0.15) is 6.92 Å². The largest absolute Gasteiger partial charge is 0.497 e. The Kier molecular flexibility index (Phi) is 5.26. The van der Waals surface area contributed by atoms with Gasteiger partial charge < -0.3 is 18.9 Å². The molecule has 0 amide bonds. The zero-order chi connectivity index (χ0) is 20.4. The molecule has 0 aliphatic carbocycles. The van der Waals surface area contributed by atoms with Gasteiger partial charge in [0.1, 0.15) is 10.8 Å². The topological polar surface area (TPSA) is 67.1 Å². The summed E-state index contributed by atoms with van der Waals surface area (Å²) >= 11 is 1.50. The Morgan fingerprint density at radius 2 is 1.62 bits per heavy atom. The number of aromatic nitrogens is 3. The fraction of sp³-hybridized carbons (Fsp3) is 0.238. The summed E-state index contributed by atoms with van der Waals surface area (Å²) in [6.07, 6.45) is 1.92. The number of benzene rings is 2. The van der Waals surface area contributed by atoms with Gasteiger partial charge in [-0.05, 0) is 43.3 Å². The van der Waals surface area contributed by atoms with Crippen molar-refractivity contribution in [1.29, 1.82) is 0 Å². The summed E-state index contributed by atoms with van der Waals surface area (Å²) in [4.78, 5) is 5.51. The van der Waals surface area contributed by atoms with Crippen molar-refractivity contribution in [2.75, 3.05) is 27.9 Å². The lowest BCUT2D eigenvalue weighted by molar-refractivity contribution is 0.288. The molecule has 0 aliphatic heterocycles. The molecule has 0 saturated heterocycles. The predicted molar refractivity (Wildman–Crippen MR) is 113 cm³/mol. The molecule has 8 heteroatoms. The number of ether oxygens (including phenoxy) is 4. The van der Waals surface area contributed by atoms with Gasteiger partial charge in [0.25, 0.3) is 0 Å². The smallest absolute Gasteiger partial charge is 0.213 e. The Morgan fingerprint density at radius 1 is 0.931 bits per heavy atom. The molecule has 0 spiro atoms. The van der Waals surface area contributed by atoms with E-state index in [-0.39, 0.29) is 0 Å². The van der Waals surface area contributed by atoms with Gasteiger partial charge in [0, 0.05) is 11.1 Å². The van der Waals surface area contributed by atoms with E-state index < -0.39 is 0 Å². The highest BCUT2D eigenvalue weighted by atomic mass is 32.1. The number of methoxy groups -OCH3 is 3. The molecule has 0 saturated carbocycles. The highest BCUT2D eigenvalue weighted by Gasteiger charge is 2.18. The SMILES string of the molecule is CCOc1c(OC)cc(-c2nn3cc(-c4ccc(OC)cc4)nc3s2)cc1OC. The number of imidazole rings is 1. The maximum absolute atomic E-state index is 5.67. The summed E-state index contributed by atoms with van der Waals surface area (Å²) in [5.74, 6) is 2.61. The van der Waals surface area contributed by atoms with E-state index in [2.05, 4.69) is 5.10 Å². The van der Waals surface area contributed by atoms with E-state index in [1.54, 1.807) is 25.8 Å². The minimum Gasteiger partial charge on any atom is -0.497 e. The van der Waals surface area contributed by atoms with Crippen molar-refractivity contribution in [1.82, 2.24) is 14.6 Å². The second kappa shape index (κ2) is 8.00. The minimum atomic E-state index is 0.519. The van der Waals surface area contributed by atoms with Gasteiger partial charge >= 0.3 is 0 Å². The molecular weight excluding hydrogens is 390 g/mol.